The van der Waals surface area contributed by atoms with Gasteiger partial charge in [-0.2, -0.15) is 0 Å². The van der Waals surface area contributed by atoms with E-state index in [4.69, 9.17) is 9.84 Å². The van der Waals surface area contributed by atoms with Crippen LogP contribution in [-0.2, 0) is 16.1 Å². The van der Waals surface area contributed by atoms with Crippen molar-refractivity contribution < 1.29 is 19.4 Å². The van der Waals surface area contributed by atoms with Crippen LogP contribution in [-0.4, -0.2) is 51.2 Å². The van der Waals surface area contributed by atoms with Crippen molar-refractivity contribution in [2.24, 2.45) is 0 Å². The molecule has 0 aromatic carbocycles. The number of aromatic nitrogens is 3. The zero-order valence-corrected chi connectivity index (χ0v) is 10.5. The van der Waals surface area contributed by atoms with Gasteiger partial charge in [0.1, 0.15) is 6.54 Å². The van der Waals surface area contributed by atoms with Gasteiger partial charge in [-0.3, -0.25) is 4.79 Å². The molecule has 0 saturated heterocycles. The Labute approximate surface area is 104 Å². The lowest BCUT2D eigenvalue weighted by atomic mass is 10.1. The zero-order valence-electron chi connectivity index (χ0n) is 10.5. The smallest absolute Gasteiger partial charge is 0.358 e. The first-order valence-electron chi connectivity index (χ1n) is 5.27. The summed E-state index contributed by atoms with van der Waals surface area (Å²) in [4.78, 5) is 22.3. The summed E-state index contributed by atoms with van der Waals surface area (Å²) in [6.07, 6.45) is 1.20. The van der Waals surface area contributed by atoms with E-state index >= 15 is 0 Å². The summed E-state index contributed by atoms with van der Waals surface area (Å²) in [5.74, 6) is -1.47. The summed E-state index contributed by atoms with van der Waals surface area (Å²) >= 11 is 0. The second-order valence-electron chi connectivity index (χ2n) is 4.47. The minimum Gasteiger partial charge on any atom is -0.476 e. The number of amides is 1. The average Bonchev–Trinajstić information content (AvgIpc) is 2.64. The van der Waals surface area contributed by atoms with Crippen LogP contribution >= 0.6 is 0 Å². The highest BCUT2D eigenvalue weighted by Crippen LogP contribution is 2.02. The molecule has 0 radical (unpaired) electrons. The molecule has 0 aliphatic heterocycles. The lowest BCUT2D eigenvalue weighted by Crippen LogP contribution is -2.48. The zero-order chi connectivity index (χ0) is 13.8. The van der Waals surface area contributed by atoms with E-state index < -0.39 is 11.5 Å². The van der Waals surface area contributed by atoms with Crippen molar-refractivity contribution in [1.82, 2.24) is 20.3 Å². The maximum atomic E-state index is 11.7. The lowest BCUT2D eigenvalue weighted by Gasteiger charge is -2.25. The number of carbonyl (C=O) groups is 2. The number of nitrogens with zero attached hydrogens (tertiary/aromatic N) is 3. The van der Waals surface area contributed by atoms with Gasteiger partial charge in [-0.15, -0.1) is 5.10 Å². The summed E-state index contributed by atoms with van der Waals surface area (Å²) in [6.45, 7) is 3.92. The second-order valence-corrected chi connectivity index (χ2v) is 4.47. The summed E-state index contributed by atoms with van der Waals surface area (Å²) in [5.41, 5.74) is -0.693. The minimum absolute atomic E-state index is 0.0899. The Morgan fingerprint density at radius 1 is 1.56 bits per heavy atom. The van der Waals surface area contributed by atoms with E-state index in [9.17, 15) is 9.59 Å². The molecule has 0 bridgehead atoms. The minimum atomic E-state index is -1.18. The fourth-order valence-corrected chi connectivity index (χ4v) is 1.43. The summed E-state index contributed by atoms with van der Waals surface area (Å²) < 4.78 is 6.13. The first-order chi connectivity index (χ1) is 8.34. The quantitative estimate of drug-likeness (QED) is 0.711. The molecule has 0 aliphatic rings. The average molecular weight is 256 g/mol. The third-order valence-electron chi connectivity index (χ3n) is 2.05. The molecule has 0 saturated carbocycles. The molecule has 0 unspecified atom stereocenters. The van der Waals surface area contributed by atoms with Crippen LogP contribution in [0.3, 0.4) is 0 Å². The van der Waals surface area contributed by atoms with Crippen LogP contribution in [0.4, 0.5) is 0 Å². The molecular weight excluding hydrogens is 240 g/mol. The number of hydrogen-bond acceptors (Lipinski definition) is 5. The number of carbonyl (C=O) groups excluding carboxylic acids is 1. The van der Waals surface area contributed by atoms with E-state index in [0.29, 0.717) is 6.61 Å². The van der Waals surface area contributed by atoms with Gasteiger partial charge >= 0.3 is 5.97 Å². The highest BCUT2D eigenvalue weighted by Gasteiger charge is 2.20. The normalized spacial score (nSPS) is 11.3. The molecule has 2 N–H and O–H groups in total. The van der Waals surface area contributed by atoms with Gasteiger partial charge in [0.05, 0.1) is 18.3 Å². The molecule has 0 fully saturated rings. The number of aromatic carboxylic acids is 1. The van der Waals surface area contributed by atoms with Crippen LogP contribution in [0.5, 0.6) is 0 Å². The molecule has 0 spiro atoms. The predicted octanol–water partition coefficient (Wildman–Crippen LogP) is -0.482. The van der Waals surface area contributed by atoms with Crippen molar-refractivity contribution in [3.8, 4) is 0 Å². The maximum Gasteiger partial charge on any atom is 0.358 e. The van der Waals surface area contributed by atoms with Gasteiger partial charge < -0.3 is 15.2 Å². The van der Waals surface area contributed by atoms with E-state index in [1.165, 1.54) is 10.9 Å². The molecular formula is C10H16N4O4. The van der Waals surface area contributed by atoms with Crippen molar-refractivity contribution >= 4 is 11.9 Å². The first kappa shape index (κ1) is 14.1. The van der Waals surface area contributed by atoms with E-state index in [1.54, 1.807) is 7.11 Å². The molecule has 100 valence electrons. The van der Waals surface area contributed by atoms with E-state index in [-0.39, 0.29) is 18.1 Å². The molecule has 18 heavy (non-hydrogen) atoms. The number of carboxylic acids is 1. The third kappa shape index (κ3) is 4.13. The van der Waals surface area contributed by atoms with Crippen molar-refractivity contribution in [2.75, 3.05) is 13.7 Å². The maximum absolute atomic E-state index is 11.7. The molecule has 0 aliphatic carbocycles. The van der Waals surface area contributed by atoms with Gasteiger partial charge in [0.25, 0.3) is 0 Å². The Bertz CT molecular complexity index is 441. The Morgan fingerprint density at radius 2 is 2.22 bits per heavy atom. The summed E-state index contributed by atoms with van der Waals surface area (Å²) in [5, 5.41) is 18.4. The van der Waals surface area contributed by atoms with Gasteiger partial charge in [0, 0.05) is 7.11 Å². The van der Waals surface area contributed by atoms with Gasteiger partial charge in [-0.1, -0.05) is 5.21 Å². The van der Waals surface area contributed by atoms with Crippen LogP contribution in [0.1, 0.15) is 24.3 Å². The van der Waals surface area contributed by atoms with Gasteiger partial charge in [0.15, 0.2) is 5.69 Å². The molecule has 1 rings (SSSR count). The molecule has 0 atom stereocenters. The molecule has 1 aromatic heterocycles. The number of rotatable bonds is 6. The fraction of sp³-hybridized carbons (Fsp3) is 0.600. The first-order valence-corrected chi connectivity index (χ1v) is 5.27. The Hall–Kier alpha value is -1.96. The number of hydrogen-bond donors (Lipinski definition) is 2. The second kappa shape index (κ2) is 5.58. The van der Waals surface area contributed by atoms with Crippen LogP contribution in [0.25, 0.3) is 0 Å². The molecule has 1 amide bonds. The van der Waals surface area contributed by atoms with Crippen LogP contribution in [0.15, 0.2) is 6.20 Å². The van der Waals surface area contributed by atoms with Crippen molar-refractivity contribution in [3.05, 3.63) is 11.9 Å². The number of ether oxygens (including phenoxy) is 1. The van der Waals surface area contributed by atoms with Crippen molar-refractivity contribution in [3.63, 3.8) is 0 Å². The van der Waals surface area contributed by atoms with Crippen LogP contribution < -0.4 is 5.32 Å². The monoisotopic (exact) mass is 256 g/mol. The van der Waals surface area contributed by atoms with Crippen LogP contribution in [0, 0.1) is 0 Å². The predicted molar refractivity (Wildman–Crippen MR) is 61.1 cm³/mol. The molecule has 8 nitrogen and oxygen atoms in total. The topological polar surface area (TPSA) is 106 Å². The van der Waals surface area contributed by atoms with E-state index in [2.05, 4.69) is 15.6 Å². The Kier molecular flexibility index (Phi) is 4.38. The Balaban J connectivity index is 2.56. The van der Waals surface area contributed by atoms with E-state index in [0.717, 1.165) is 0 Å². The summed E-state index contributed by atoms with van der Waals surface area (Å²) in [7, 11) is 1.55. The largest absolute Gasteiger partial charge is 0.476 e. The van der Waals surface area contributed by atoms with Crippen molar-refractivity contribution in [1.29, 1.82) is 0 Å². The van der Waals surface area contributed by atoms with Gasteiger partial charge in [-0.05, 0) is 13.8 Å². The number of carboxylic acid groups (broad SMARTS) is 1. The lowest BCUT2D eigenvalue weighted by molar-refractivity contribution is -0.124. The molecule has 1 heterocycles. The molecule has 1 aromatic rings. The third-order valence-corrected chi connectivity index (χ3v) is 2.05. The van der Waals surface area contributed by atoms with Gasteiger partial charge in [0.2, 0.25) is 5.91 Å². The number of nitrogens with one attached hydrogen (secondary N) is 1. The van der Waals surface area contributed by atoms with Crippen molar-refractivity contribution in [2.45, 2.75) is 25.9 Å². The standard InChI is InChI=1S/C10H16N4O4/c1-10(2,6-18-3)11-8(15)5-14-4-7(9(16)17)12-13-14/h4H,5-6H2,1-3H3,(H,11,15)(H,16,17). The number of methoxy groups -OCH3 is 1. The summed E-state index contributed by atoms with van der Waals surface area (Å²) in [6, 6.07) is 0. The molecule has 8 heteroatoms. The Morgan fingerprint density at radius 3 is 2.72 bits per heavy atom. The highest BCUT2D eigenvalue weighted by molar-refractivity contribution is 5.84. The fourth-order valence-electron chi connectivity index (χ4n) is 1.43. The highest BCUT2D eigenvalue weighted by atomic mass is 16.5. The van der Waals surface area contributed by atoms with E-state index in [1.807, 2.05) is 13.8 Å². The SMILES string of the molecule is COCC(C)(C)NC(=O)Cn1cc(C(=O)O)nn1. The van der Waals surface area contributed by atoms with Crippen LogP contribution in [0.2, 0.25) is 0 Å². The van der Waals surface area contributed by atoms with Gasteiger partial charge in [-0.25, -0.2) is 9.48 Å².